The Morgan fingerprint density at radius 3 is 2.58 bits per heavy atom. The van der Waals surface area contributed by atoms with Gasteiger partial charge in [0.15, 0.2) is 0 Å². The van der Waals surface area contributed by atoms with Gasteiger partial charge in [-0.2, -0.15) is 0 Å². The molecule has 0 radical (unpaired) electrons. The average Bonchev–Trinajstić information content (AvgIpc) is 2.56. The van der Waals surface area contributed by atoms with Crippen LogP contribution in [-0.2, 0) is 11.3 Å². The van der Waals surface area contributed by atoms with Gasteiger partial charge in [-0.3, -0.25) is 4.90 Å². The molecule has 2 aliphatic heterocycles. The van der Waals surface area contributed by atoms with Gasteiger partial charge in [0, 0.05) is 6.04 Å². The van der Waals surface area contributed by atoms with Crippen molar-refractivity contribution in [2.24, 2.45) is 5.92 Å². The summed E-state index contributed by atoms with van der Waals surface area (Å²) in [5.74, 6) is 0.911. The van der Waals surface area contributed by atoms with E-state index in [1.165, 1.54) is 32.1 Å². The van der Waals surface area contributed by atoms with E-state index in [1.807, 2.05) is 35.2 Å². The summed E-state index contributed by atoms with van der Waals surface area (Å²) in [6, 6.07) is 10.6. The van der Waals surface area contributed by atoms with Crippen molar-refractivity contribution in [3.8, 4) is 0 Å². The number of benzene rings is 1. The molecule has 0 N–H and O–H groups in total. The first-order valence-corrected chi connectivity index (χ1v) is 9.48. The Balaban J connectivity index is 1.40. The highest BCUT2D eigenvalue weighted by molar-refractivity contribution is 5.69. The summed E-state index contributed by atoms with van der Waals surface area (Å²) in [4.78, 5) is 14.7. The lowest BCUT2D eigenvalue weighted by molar-refractivity contribution is 0.0474. The molecule has 0 aromatic heterocycles. The van der Waals surface area contributed by atoms with E-state index in [2.05, 4.69) is 6.08 Å². The van der Waals surface area contributed by atoms with Crippen LogP contribution in [0.3, 0.4) is 0 Å². The number of hydrogen-bond acceptors (Lipinski definition) is 2. The molecule has 1 amide bonds. The van der Waals surface area contributed by atoms with Crippen molar-refractivity contribution in [2.45, 2.75) is 70.1 Å². The maximum Gasteiger partial charge on any atom is 0.410 e. The van der Waals surface area contributed by atoms with Crippen molar-refractivity contribution in [3.63, 3.8) is 0 Å². The minimum Gasteiger partial charge on any atom is -0.445 e. The molecule has 24 heavy (non-hydrogen) atoms. The van der Waals surface area contributed by atoms with E-state index < -0.39 is 0 Å². The number of ether oxygens (including phenoxy) is 1. The second-order valence-corrected chi connectivity index (χ2v) is 7.63. The Morgan fingerprint density at radius 1 is 1.08 bits per heavy atom. The smallest absolute Gasteiger partial charge is 0.410 e. The molecule has 1 saturated carbocycles. The van der Waals surface area contributed by atoms with Gasteiger partial charge in [0.05, 0.1) is 6.04 Å². The number of piperidine rings is 1. The lowest BCUT2D eigenvalue weighted by Gasteiger charge is -2.45. The van der Waals surface area contributed by atoms with Gasteiger partial charge in [0.1, 0.15) is 6.61 Å². The fourth-order valence-electron chi connectivity index (χ4n) is 4.42. The standard InChI is InChI=1S/C21H27NO2/c23-21(24-15-17-6-2-1-3-7-17)22-19-10-5-11-20(22)14-18(13-19)12-16-8-4-9-16/h1-3,6-7,13,16,19-20H,4-5,8-12,14-15H2. The molecule has 2 fully saturated rings. The number of fused-ring (bicyclic) bond motifs is 2. The van der Waals surface area contributed by atoms with Crippen molar-refractivity contribution in [1.29, 1.82) is 0 Å². The third kappa shape index (κ3) is 3.35. The summed E-state index contributed by atoms with van der Waals surface area (Å²) in [5.41, 5.74) is 2.65. The van der Waals surface area contributed by atoms with Crippen LogP contribution in [0, 0.1) is 5.92 Å². The van der Waals surface area contributed by atoms with Crippen LogP contribution in [0.15, 0.2) is 42.0 Å². The summed E-state index contributed by atoms with van der Waals surface area (Å²) in [6.07, 6.45) is 12.2. The third-order valence-corrected chi connectivity index (χ3v) is 5.91. The Hall–Kier alpha value is -1.77. The van der Waals surface area contributed by atoms with Crippen LogP contribution in [0.5, 0.6) is 0 Å². The van der Waals surface area contributed by atoms with Gasteiger partial charge in [-0.05, 0) is 43.6 Å². The van der Waals surface area contributed by atoms with E-state index in [0.717, 1.165) is 30.7 Å². The average molecular weight is 325 g/mol. The monoisotopic (exact) mass is 325 g/mol. The zero-order chi connectivity index (χ0) is 16.4. The van der Waals surface area contributed by atoms with Crippen LogP contribution in [0.1, 0.15) is 56.9 Å². The zero-order valence-electron chi connectivity index (χ0n) is 14.3. The SMILES string of the molecule is O=C(OCc1ccccc1)N1C2C=C(CC3CCC3)CC1CCC2. The third-order valence-electron chi connectivity index (χ3n) is 5.91. The Morgan fingerprint density at radius 2 is 1.88 bits per heavy atom. The van der Waals surface area contributed by atoms with Gasteiger partial charge in [-0.15, -0.1) is 0 Å². The highest BCUT2D eigenvalue weighted by Gasteiger charge is 2.38. The lowest BCUT2D eigenvalue weighted by atomic mass is 9.76. The summed E-state index contributed by atoms with van der Waals surface area (Å²) in [6.45, 7) is 0.369. The second kappa shape index (κ2) is 7.00. The molecule has 128 valence electrons. The molecule has 2 heterocycles. The molecular weight excluding hydrogens is 298 g/mol. The Kier molecular flexibility index (Phi) is 4.59. The summed E-state index contributed by atoms with van der Waals surface area (Å²) in [5, 5.41) is 0. The topological polar surface area (TPSA) is 29.5 Å². The fourth-order valence-corrected chi connectivity index (χ4v) is 4.42. The molecule has 4 rings (SSSR count). The first-order chi connectivity index (χ1) is 11.8. The molecule has 2 bridgehead atoms. The van der Waals surface area contributed by atoms with Crippen molar-refractivity contribution in [1.82, 2.24) is 4.90 Å². The minimum atomic E-state index is -0.132. The van der Waals surface area contributed by atoms with Gasteiger partial charge in [-0.1, -0.05) is 61.2 Å². The van der Waals surface area contributed by atoms with Crippen LogP contribution >= 0.6 is 0 Å². The number of hydrogen-bond donors (Lipinski definition) is 0. The molecule has 1 aromatic carbocycles. The maximum absolute atomic E-state index is 12.7. The van der Waals surface area contributed by atoms with E-state index in [-0.39, 0.29) is 12.1 Å². The highest BCUT2D eigenvalue weighted by Crippen LogP contribution is 2.39. The number of carbonyl (C=O) groups is 1. The van der Waals surface area contributed by atoms with Gasteiger partial charge in [-0.25, -0.2) is 4.79 Å². The van der Waals surface area contributed by atoms with E-state index in [4.69, 9.17) is 4.74 Å². The Bertz CT molecular complexity index is 606. The number of amides is 1. The van der Waals surface area contributed by atoms with Gasteiger partial charge < -0.3 is 4.74 Å². The number of rotatable bonds is 4. The van der Waals surface area contributed by atoms with Crippen molar-refractivity contribution in [3.05, 3.63) is 47.5 Å². The number of nitrogens with zero attached hydrogens (tertiary/aromatic N) is 1. The summed E-state index contributed by atoms with van der Waals surface area (Å²) >= 11 is 0. The predicted molar refractivity (Wildman–Crippen MR) is 94.6 cm³/mol. The zero-order valence-corrected chi connectivity index (χ0v) is 14.3. The first-order valence-electron chi connectivity index (χ1n) is 9.48. The van der Waals surface area contributed by atoms with E-state index in [0.29, 0.717) is 12.6 Å². The molecule has 3 nitrogen and oxygen atoms in total. The summed E-state index contributed by atoms with van der Waals surface area (Å²) in [7, 11) is 0. The molecule has 0 spiro atoms. The lowest BCUT2D eigenvalue weighted by Crippen LogP contribution is -2.52. The quantitative estimate of drug-likeness (QED) is 0.724. The molecular formula is C21H27NO2. The normalized spacial score (nSPS) is 26.5. The van der Waals surface area contributed by atoms with Crippen LogP contribution < -0.4 is 0 Å². The van der Waals surface area contributed by atoms with Gasteiger partial charge >= 0.3 is 6.09 Å². The van der Waals surface area contributed by atoms with Gasteiger partial charge in [0.25, 0.3) is 0 Å². The molecule has 3 heteroatoms. The van der Waals surface area contributed by atoms with E-state index in [1.54, 1.807) is 5.57 Å². The fraction of sp³-hybridized carbons (Fsp3) is 0.571. The summed E-state index contributed by atoms with van der Waals surface area (Å²) < 4.78 is 5.61. The van der Waals surface area contributed by atoms with Crippen LogP contribution in [0.25, 0.3) is 0 Å². The molecule has 1 aliphatic carbocycles. The van der Waals surface area contributed by atoms with Crippen LogP contribution in [-0.4, -0.2) is 23.1 Å². The molecule has 3 aliphatic rings. The number of carbonyl (C=O) groups excluding carboxylic acids is 1. The molecule has 1 aromatic rings. The first kappa shape index (κ1) is 15.7. The largest absolute Gasteiger partial charge is 0.445 e. The van der Waals surface area contributed by atoms with Crippen LogP contribution in [0.2, 0.25) is 0 Å². The van der Waals surface area contributed by atoms with Crippen LogP contribution in [0.4, 0.5) is 4.79 Å². The molecule has 2 unspecified atom stereocenters. The van der Waals surface area contributed by atoms with E-state index in [9.17, 15) is 4.79 Å². The maximum atomic E-state index is 12.7. The highest BCUT2D eigenvalue weighted by atomic mass is 16.6. The van der Waals surface area contributed by atoms with Crippen molar-refractivity contribution < 1.29 is 9.53 Å². The van der Waals surface area contributed by atoms with E-state index >= 15 is 0 Å². The minimum absolute atomic E-state index is 0.132. The predicted octanol–water partition coefficient (Wildman–Crippen LogP) is 5.07. The molecule has 2 atom stereocenters. The Labute approximate surface area is 144 Å². The van der Waals surface area contributed by atoms with Crippen molar-refractivity contribution in [2.75, 3.05) is 0 Å². The van der Waals surface area contributed by atoms with Crippen molar-refractivity contribution >= 4 is 6.09 Å². The van der Waals surface area contributed by atoms with Gasteiger partial charge in [0.2, 0.25) is 0 Å². The second-order valence-electron chi connectivity index (χ2n) is 7.63. The molecule has 1 saturated heterocycles.